The Morgan fingerprint density at radius 3 is 2.50 bits per heavy atom. The van der Waals surface area contributed by atoms with Crippen molar-refractivity contribution in [3.05, 3.63) is 91.4 Å². The van der Waals surface area contributed by atoms with Crippen LogP contribution in [0.4, 0.5) is 10.1 Å². The van der Waals surface area contributed by atoms with E-state index in [4.69, 9.17) is 0 Å². The zero-order valence-corrected chi connectivity index (χ0v) is 20.0. The number of carbonyl (C=O) groups excluding carboxylic acids is 2. The van der Waals surface area contributed by atoms with E-state index in [1.165, 1.54) is 12.1 Å². The maximum atomic E-state index is 13.5. The molecule has 5 N–H and O–H groups in total. The number of hydrogen-bond donors (Lipinski definition) is 5. The predicted octanol–water partition coefficient (Wildman–Crippen LogP) is 2.23. The number of carbonyl (C=O) groups is 2. The Hall–Kier alpha value is -4.19. The van der Waals surface area contributed by atoms with Crippen LogP contribution in [-0.4, -0.2) is 37.3 Å². The van der Waals surface area contributed by atoms with Gasteiger partial charge in [0.1, 0.15) is 22.7 Å². The average Bonchev–Trinajstić information content (AvgIpc) is 3.14. The Morgan fingerprint density at radius 2 is 1.83 bits per heavy atom. The molecule has 3 aromatic rings. The molecule has 10 nitrogen and oxygen atoms in total. The summed E-state index contributed by atoms with van der Waals surface area (Å²) in [6, 6.07) is 9.35. The van der Waals surface area contributed by atoms with Gasteiger partial charge in [0.2, 0.25) is 17.7 Å². The van der Waals surface area contributed by atoms with E-state index in [0.717, 1.165) is 35.0 Å². The molecule has 2 amide bonds. The molecule has 0 saturated carbocycles. The fourth-order valence-electron chi connectivity index (χ4n) is 3.61. The molecule has 186 valence electrons. The highest BCUT2D eigenvalue weighted by Crippen LogP contribution is 2.32. The summed E-state index contributed by atoms with van der Waals surface area (Å²) in [5, 5.41) is 14.9. The summed E-state index contributed by atoms with van der Waals surface area (Å²) in [6.07, 6.45) is -0.131. The molecule has 0 radical (unpaired) electrons. The molecular weight excluding hydrogens is 489 g/mol. The van der Waals surface area contributed by atoms with Gasteiger partial charge in [0.25, 0.3) is 5.56 Å². The van der Waals surface area contributed by atoms with Crippen LogP contribution >= 0.6 is 11.8 Å². The summed E-state index contributed by atoms with van der Waals surface area (Å²) in [4.78, 5) is 57.6. The molecule has 0 aliphatic carbocycles. The molecule has 1 unspecified atom stereocenters. The number of aromatic hydroxyl groups is 1. The van der Waals surface area contributed by atoms with E-state index in [9.17, 15) is 28.7 Å². The van der Waals surface area contributed by atoms with Crippen molar-refractivity contribution in [1.82, 2.24) is 15.3 Å². The highest BCUT2D eigenvalue weighted by molar-refractivity contribution is 8.15. The average molecular weight is 512 g/mol. The van der Waals surface area contributed by atoms with Gasteiger partial charge >= 0.3 is 5.69 Å². The van der Waals surface area contributed by atoms with Crippen LogP contribution in [0.25, 0.3) is 0 Å². The lowest BCUT2D eigenvalue weighted by atomic mass is 10.0. The number of hydrogen-bond acceptors (Lipinski definition) is 7. The van der Waals surface area contributed by atoms with E-state index in [2.05, 4.69) is 20.6 Å². The van der Waals surface area contributed by atoms with Crippen molar-refractivity contribution in [2.24, 2.45) is 4.99 Å². The minimum Gasteiger partial charge on any atom is -0.494 e. The van der Waals surface area contributed by atoms with Gasteiger partial charge in [-0.2, -0.15) is 0 Å². The van der Waals surface area contributed by atoms with Gasteiger partial charge in [-0.05, 0) is 54.8 Å². The van der Waals surface area contributed by atoms with Crippen LogP contribution in [0.5, 0.6) is 5.88 Å². The number of halogens is 1. The molecule has 1 fully saturated rings. The Kier molecular flexibility index (Phi) is 7.06. The Labute approximate surface area is 208 Å². The lowest BCUT2D eigenvalue weighted by molar-refractivity contribution is -0.122. The zero-order chi connectivity index (χ0) is 26.0. The number of amidine groups is 1. The first-order valence-corrected chi connectivity index (χ1v) is 11.7. The molecule has 0 bridgehead atoms. The highest BCUT2D eigenvalue weighted by Gasteiger charge is 2.33. The number of aromatic nitrogens is 2. The SMILES string of the molecule is Cc1ccc(NC(=O)C[C@H]2SC(=NC(c3ccc(F)cc3)c3c(O)[nH]c(=O)[nH]c3=O)NC2=O)cc1C. The van der Waals surface area contributed by atoms with Crippen molar-refractivity contribution in [2.75, 3.05) is 5.32 Å². The first-order valence-electron chi connectivity index (χ1n) is 10.8. The van der Waals surface area contributed by atoms with E-state index >= 15 is 0 Å². The molecule has 1 aliphatic rings. The van der Waals surface area contributed by atoms with Gasteiger partial charge in [0.05, 0.1) is 0 Å². The lowest BCUT2D eigenvalue weighted by Crippen LogP contribution is -2.29. The van der Waals surface area contributed by atoms with Gasteiger partial charge in [-0.15, -0.1) is 0 Å². The van der Waals surface area contributed by atoms with Crippen LogP contribution in [0.3, 0.4) is 0 Å². The van der Waals surface area contributed by atoms with E-state index < -0.39 is 40.1 Å². The van der Waals surface area contributed by atoms with Crippen molar-refractivity contribution in [1.29, 1.82) is 0 Å². The summed E-state index contributed by atoms with van der Waals surface area (Å²) in [5.41, 5.74) is 0.940. The summed E-state index contributed by atoms with van der Waals surface area (Å²) in [7, 11) is 0. The number of anilines is 1. The van der Waals surface area contributed by atoms with Gasteiger partial charge < -0.3 is 15.7 Å². The van der Waals surface area contributed by atoms with Crippen molar-refractivity contribution >= 4 is 34.4 Å². The van der Waals surface area contributed by atoms with Crippen LogP contribution in [0.1, 0.15) is 34.7 Å². The van der Waals surface area contributed by atoms with Crippen LogP contribution in [0.2, 0.25) is 0 Å². The van der Waals surface area contributed by atoms with E-state index in [0.29, 0.717) is 11.3 Å². The van der Waals surface area contributed by atoms with Gasteiger partial charge in [-0.1, -0.05) is 30.0 Å². The monoisotopic (exact) mass is 511 g/mol. The molecule has 4 rings (SSSR count). The highest BCUT2D eigenvalue weighted by atomic mass is 32.2. The molecule has 2 aromatic carbocycles. The number of benzene rings is 2. The number of amides is 2. The van der Waals surface area contributed by atoms with Crippen LogP contribution in [0, 0.1) is 19.7 Å². The number of nitrogens with zero attached hydrogens (tertiary/aromatic N) is 1. The minimum absolute atomic E-state index is 0.100. The van der Waals surface area contributed by atoms with Crippen molar-refractivity contribution in [2.45, 2.75) is 31.6 Å². The van der Waals surface area contributed by atoms with Crippen molar-refractivity contribution < 1.29 is 19.1 Å². The third-order valence-corrected chi connectivity index (χ3v) is 6.70. The molecule has 2 atom stereocenters. The number of aliphatic imine (C=N–C) groups is 1. The molecular formula is C24H22FN5O5S. The fourth-order valence-corrected chi connectivity index (χ4v) is 4.60. The topological polar surface area (TPSA) is 157 Å². The molecule has 1 aliphatic heterocycles. The lowest BCUT2D eigenvalue weighted by Gasteiger charge is -2.14. The number of aryl methyl sites for hydroxylation is 2. The van der Waals surface area contributed by atoms with Crippen molar-refractivity contribution in [3.8, 4) is 5.88 Å². The zero-order valence-electron chi connectivity index (χ0n) is 19.2. The second-order valence-corrected chi connectivity index (χ2v) is 9.40. The van der Waals surface area contributed by atoms with Crippen LogP contribution in [-0.2, 0) is 9.59 Å². The molecule has 36 heavy (non-hydrogen) atoms. The largest absolute Gasteiger partial charge is 0.494 e. The summed E-state index contributed by atoms with van der Waals surface area (Å²) < 4.78 is 13.5. The molecule has 1 aromatic heterocycles. The normalized spacial score (nSPS) is 17.1. The van der Waals surface area contributed by atoms with E-state index in [1.807, 2.05) is 31.0 Å². The van der Waals surface area contributed by atoms with Gasteiger partial charge in [0.15, 0.2) is 5.17 Å². The minimum atomic E-state index is -1.18. The summed E-state index contributed by atoms with van der Waals surface area (Å²) in [6.45, 7) is 3.89. The Balaban J connectivity index is 1.58. The maximum absolute atomic E-state index is 13.5. The van der Waals surface area contributed by atoms with Crippen molar-refractivity contribution in [3.63, 3.8) is 0 Å². The molecule has 0 spiro atoms. The number of H-pyrrole nitrogens is 2. The third-order valence-electron chi connectivity index (χ3n) is 5.60. The Bertz CT molecular complexity index is 1480. The summed E-state index contributed by atoms with van der Waals surface area (Å²) in [5.74, 6) is -2.05. The second kappa shape index (κ2) is 10.2. The predicted molar refractivity (Wildman–Crippen MR) is 134 cm³/mol. The quantitative estimate of drug-likeness (QED) is 0.342. The standard InChI is InChI=1S/C24H22FN5O5S/c1-11-3-8-15(9-12(11)2)26-17(31)10-16-20(32)30-24(36-16)27-19(13-4-6-14(25)7-5-13)18-21(33)28-23(35)29-22(18)34/h3-9,16,19H,10H2,1-2H3,(H,26,31)(H,27,30,32)(H3,28,29,33,34,35)/t16-,19?/m1/s1. The molecule has 1 saturated heterocycles. The van der Waals surface area contributed by atoms with E-state index in [1.54, 1.807) is 6.07 Å². The third kappa shape index (κ3) is 5.54. The number of rotatable bonds is 6. The van der Waals surface area contributed by atoms with Crippen LogP contribution < -0.4 is 21.9 Å². The number of nitrogens with one attached hydrogen (secondary N) is 4. The number of thioether (sulfide) groups is 1. The smallest absolute Gasteiger partial charge is 0.328 e. The first kappa shape index (κ1) is 24.9. The van der Waals surface area contributed by atoms with Gasteiger partial charge in [0, 0.05) is 12.1 Å². The molecule has 2 heterocycles. The second-order valence-electron chi connectivity index (χ2n) is 8.21. The fraction of sp³-hybridized carbons (Fsp3) is 0.208. The van der Waals surface area contributed by atoms with E-state index in [-0.39, 0.29) is 23.1 Å². The van der Waals surface area contributed by atoms with Crippen LogP contribution in [0.15, 0.2) is 57.0 Å². The van der Waals surface area contributed by atoms with Gasteiger partial charge in [-0.3, -0.25) is 24.4 Å². The van der Waals surface area contributed by atoms with Gasteiger partial charge in [-0.25, -0.2) is 14.2 Å². The first-order chi connectivity index (χ1) is 17.1. The number of aromatic amines is 2. The molecule has 12 heteroatoms. The Morgan fingerprint density at radius 1 is 1.11 bits per heavy atom. The maximum Gasteiger partial charge on any atom is 0.328 e. The summed E-state index contributed by atoms with van der Waals surface area (Å²) >= 11 is 0.988.